The van der Waals surface area contributed by atoms with E-state index < -0.39 is 0 Å². The van der Waals surface area contributed by atoms with Gasteiger partial charge in [0.1, 0.15) is 11.9 Å². The molecular formula is C14H26N4O. The van der Waals surface area contributed by atoms with Gasteiger partial charge in [-0.2, -0.15) is 0 Å². The molecule has 1 heterocycles. The molecule has 1 unspecified atom stereocenters. The zero-order valence-electron chi connectivity index (χ0n) is 12.2. The second-order valence-electron chi connectivity index (χ2n) is 5.62. The van der Waals surface area contributed by atoms with Crippen LogP contribution >= 0.6 is 0 Å². The van der Waals surface area contributed by atoms with Gasteiger partial charge in [0, 0.05) is 26.0 Å². The number of nitrogens with two attached hydrogens (primary N) is 1. The number of hydrazine groups is 1. The highest BCUT2D eigenvalue weighted by atomic mass is 16.5. The van der Waals surface area contributed by atoms with Crippen molar-refractivity contribution in [1.82, 2.24) is 15.0 Å². The smallest absolute Gasteiger partial charge is 0.130 e. The second kappa shape index (κ2) is 6.03. The minimum atomic E-state index is -0.237. The Hall–Kier alpha value is -0.910. The first-order chi connectivity index (χ1) is 9.16. The fraction of sp³-hybridized carbons (Fsp3) is 0.786. The first kappa shape index (κ1) is 14.5. The minimum Gasteiger partial charge on any atom is -0.376 e. The van der Waals surface area contributed by atoms with Crippen LogP contribution in [0, 0.1) is 5.92 Å². The fourth-order valence-electron chi connectivity index (χ4n) is 3.17. The third-order valence-electron chi connectivity index (χ3n) is 4.57. The molecule has 1 aromatic rings. The molecule has 0 spiro atoms. The van der Waals surface area contributed by atoms with Crippen molar-refractivity contribution < 1.29 is 4.74 Å². The number of methoxy groups -OCH3 is 1. The normalized spacial score (nSPS) is 29.4. The lowest BCUT2D eigenvalue weighted by atomic mass is 9.75. The third kappa shape index (κ3) is 2.68. The molecule has 0 saturated heterocycles. The van der Waals surface area contributed by atoms with E-state index in [1.165, 1.54) is 12.8 Å². The van der Waals surface area contributed by atoms with Crippen LogP contribution in [0.3, 0.4) is 0 Å². The highest BCUT2D eigenvalue weighted by Crippen LogP contribution is 2.42. The molecule has 1 atom stereocenters. The second-order valence-corrected chi connectivity index (χ2v) is 5.62. The van der Waals surface area contributed by atoms with Crippen LogP contribution in [0.4, 0.5) is 0 Å². The van der Waals surface area contributed by atoms with Gasteiger partial charge >= 0.3 is 0 Å². The van der Waals surface area contributed by atoms with E-state index in [4.69, 9.17) is 10.6 Å². The molecule has 2 rings (SSSR count). The largest absolute Gasteiger partial charge is 0.376 e. The number of ether oxygens (including phenoxy) is 1. The summed E-state index contributed by atoms with van der Waals surface area (Å²) in [5, 5.41) is 0. The summed E-state index contributed by atoms with van der Waals surface area (Å²) in [6.45, 7) is 5.31. The molecule has 1 aromatic heterocycles. The molecule has 0 aromatic carbocycles. The number of aromatic nitrogens is 2. The van der Waals surface area contributed by atoms with Gasteiger partial charge in [0.05, 0.1) is 5.60 Å². The highest BCUT2D eigenvalue weighted by molar-refractivity contribution is 5.09. The summed E-state index contributed by atoms with van der Waals surface area (Å²) in [6, 6.07) is -0.0556. The zero-order valence-corrected chi connectivity index (χ0v) is 12.2. The Kier molecular flexibility index (Phi) is 4.60. The van der Waals surface area contributed by atoms with Crippen LogP contribution in [-0.4, -0.2) is 22.3 Å². The molecule has 19 heavy (non-hydrogen) atoms. The average molecular weight is 266 g/mol. The number of imidazole rings is 1. The molecule has 0 aliphatic heterocycles. The van der Waals surface area contributed by atoms with Crippen LogP contribution in [0.5, 0.6) is 0 Å². The maximum Gasteiger partial charge on any atom is 0.130 e. The summed E-state index contributed by atoms with van der Waals surface area (Å²) < 4.78 is 8.04. The van der Waals surface area contributed by atoms with Gasteiger partial charge in [-0.1, -0.05) is 6.92 Å². The first-order valence-corrected chi connectivity index (χ1v) is 7.19. The van der Waals surface area contributed by atoms with Gasteiger partial charge in [0.2, 0.25) is 0 Å². The van der Waals surface area contributed by atoms with Crippen molar-refractivity contribution in [3.05, 3.63) is 18.2 Å². The lowest BCUT2D eigenvalue weighted by Crippen LogP contribution is -2.50. The molecule has 5 nitrogen and oxygen atoms in total. The number of nitrogens with one attached hydrogen (secondary N) is 1. The molecule has 1 aliphatic rings. The van der Waals surface area contributed by atoms with Crippen molar-refractivity contribution >= 4 is 0 Å². The van der Waals surface area contributed by atoms with Crippen molar-refractivity contribution in [1.29, 1.82) is 0 Å². The van der Waals surface area contributed by atoms with Gasteiger partial charge in [-0.25, -0.2) is 10.4 Å². The lowest BCUT2D eigenvalue weighted by molar-refractivity contribution is -0.0787. The van der Waals surface area contributed by atoms with Gasteiger partial charge in [-0.3, -0.25) is 5.84 Å². The number of aryl methyl sites for hydroxylation is 1. The Morgan fingerprint density at radius 2 is 2.26 bits per heavy atom. The predicted molar refractivity (Wildman–Crippen MR) is 75.3 cm³/mol. The van der Waals surface area contributed by atoms with Gasteiger partial charge in [-0.05, 0) is 38.5 Å². The van der Waals surface area contributed by atoms with Crippen molar-refractivity contribution in [2.75, 3.05) is 7.11 Å². The molecule has 5 heteroatoms. The Bertz CT molecular complexity index is 396. The zero-order chi connectivity index (χ0) is 13.9. The van der Waals surface area contributed by atoms with E-state index >= 15 is 0 Å². The molecule has 1 saturated carbocycles. The van der Waals surface area contributed by atoms with Gasteiger partial charge in [-0.15, -0.1) is 0 Å². The van der Waals surface area contributed by atoms with E-state index in [-0.39, 0.29) is 11.6 Å². The highest BCUT2D eigenvalue weighted by Gasteiger charge is 2.43. The summed E-state index contributed by atoms with van der Waals surface area (Å²) in [5.74, 6) is 7.57. The van der Waals surface area contributed by atoms with E-state index in [1.54, 1.807) is 7.11 Å². The molecule has 108 valence electrons. The van der Waals surface area contributed by atoms with Gasteiger partial charge in [0.15, 0.2) is 0 Å². The molecule has 1 aliphatic carbocycles. The van der Waals surface area contributed by atoms with Crippen molar-refractivity contribution in [3.8, 4) is 0 Å². The molecule has 0 radical (unpaired) electrons. The van der Waals surface area contributed by atoms with E-state index in [9.17, 15) is 0 Å². The van der Waals surface area contributed by atoms with Gasteiger partial charge < -0.3 is 9.30 Å². The van der Waals surface area contributed by atoms with E-state index in [1.807, 2.05) is 12.4 Å². The number of nitrogens with zero attached hydrogens (tertiary/aromatic N) is 2. The van der Waals surface area contributed by atoms with E-state index in [2.05, 4.69) is 28.8 Å². The Labute approximate surface area is 115 Å². The Morgan fingerprint density at radius 1 is 1.58 bits per heavy atom. The number of hydrogen-bond acceptors (Lipinski definition) is 4. The summed E-state index contributed by atoms with van der Waals surface area (Å²) in [5.41, 5.74) is 2.71. The molecule has 0 amide bonds. The first-order valence-electron chi connectivity index (χ1n) is 7.19. The summed E-state index contributed by atoms with van der Waals surface area (Å²) in [7, 11) is 1.79. The van der Waals surface area contributed by atoms with E-state index in [0.29, 0.717) is 0 Å². The summed E-state index contributed by atoms with van der Waals surface area (Å²) >= 11 is 0. The summed E-state index contributed by atoms with van der Waals surface area (Å²) in [4.78, 5) is 4.49. The maximum absolute atomic E-state index is 5.91. The quantitative estimate of drug-likeness (QED) is 0.632. The van der Waals surface area contributed by atoms with Crippen LogP contribution in [0.15, 0.2) is 12.4 Å². The van der Waals surface area contributed by atoms with Crippen LogP contribution < -0.4 is 11.3 Å². The lowest BCUT2D eigenvalue weighted by Gasteiger charge is -2.43. The van der Waals surface area contributed by atoms with Crippen LogP contribution in [0.25, 0.3) is 0 Å². The standard InChI is InChI=1S/C14H26N4O/c1-4-18-10-9-16-13(18)12(17-15)14(19-3)7-5-11(2)6-8-14/h9-12,17H,4-8,15H2,1-3H3. The molecule has 0 bridgehead atoms. The van der Waals surface area contributed by atoms with E-state index in [0.717, 1.165) is 31.1 Å². The number of hydrogen-bond donors (Lipinski definition) is 2. The average Bonchev–Trinajstić information content (AvgIpc) is 2.90. The Balaban J connectivity index is 2.28. The SMILES string of the molecule is CCn1ccnc1C(NN)C1(OC)CCC(C)CC1. The Morgan fingerprint density at radius 3 is 2.79 bits per heavy atom. The van der Waals surface area contributed by atoms with Crippen molar-refractivity contribution in [2.24, 2.45) is 11.8 Å². The van der Waals surface area contributed by atoms with Crippen molar-refractivity contribution in [2.45, 2.75) is 57.7 Å². The van der Waals surface area contributed by atoms with Crippen LogP contribution in [0.1, 0.15) is 51.4 Å². The van der Waals surface area contributed by atoms with Crippen LogP contribution in [-0.2, 0) is 11.3 Å². The molecule has 3 N–H and O–H groups in total. The topological polar surface area (TPSA) is 65.1 Å². The maximum atomic E-state index is 5.91. The number of rotatable bonds is 5. The minimum absolute atomic E-state index is 0.0556. The monoisotopic (exact) mass is 266 g/mol. The molecular weight excluding hydrogens is 240 g/mol. The third-order valence-corrected chi connectivity index (χ3v) is 4.57. The summed E-state index contributed by atoms with van der Waals surface area (Å²) in [6.07, 6.45) is 8.23. The van der Waals surface area contributed by atoms with Crippen LogP contribution in [0.2, 0.25) is 0 Å². The van der Waals surface area contributed by atoms with Crippen molar-refractivity contribution in [3.63, 3.8) is 0 Å². The van der Waals surface area contributed by atoms with Gasteiger partial charge in [0.25, 0.3) is 0 Å². The molecule has 1 fully saturated rings. The fourth-order valence-corrected chi connectivity index (χ4v) is 3.17. The predicted octanol–water partition coefficient (Wildman–Crippen LogP) is 2.00.